The smallest absolute Gasteiger partial charge is 0.125 e. The third-order valence-corrected chi connectivity index (χ3v) is 8.99. The molecule has 2 aromatic heterocycles. The summed E-state index contributed by atoms with van der Waals surface area (Å²) in [6.45, 7) is 13.6. The lowest BCUT2D eigenvalue weighted by Gasteiger charge is -2.17. The number of thiophene rings is 1. The molecule has 0 aliphatic rings. The van der Waals surface area contributed by atoms with Gasteiger partial charge >= 0.3 is 0 Å². The molecule has 2 heteroatoms. The van der Waals surface area contributed by atoms with Crippen LogP contribution in [-0.4, -0.2) is 4.98 Å². The van der Waals surface area contributed by atoms with E-state index in [1.54, 1.807) is 0 Å². The maximum Gasteiger partial charge on any atom is 0.125 e. The Morgan fingerprint density at radius 1 is 0.718 bits per heavy atom. The standard InChI is InChI=1S/C37H35NS/c1-22(2)16-27-17-23(3)35(24(4)18-27)33-21-34(38-37-36(33)25(5)26(6)39-37)30-19-29-14-10-11-15-31(29)32(20-30)28-12-8-7-9-13-28/h7-15,17-22H,16H2,1-6H3. The van der Waals surface area contributed by atoms with E-state index in [0.29, 0.717) is 5.92 Å². The van der Waals surface area contributed by atoms with Crippen molar-refractivity contribution in [1.29, 1.82) is 0 Å². The second-order valence-corrected chi connectivity index (χ2v) is 12.5. The van der Waals surface area contributed by atoms with Gasteiger partial charge in [0.2, 0.25) is 0 Å². The van der Waals surface area contributed by atoms with E-state index in [2.05, 4.69) is 126 Å². The zero-order chi connectivity index (χ0) is 27.3. The molecule has 0 aliphatic heterocycles. The number of rotatable bonds is 5. The van der Waals surface area contributed by atoms with Crippen molar-refractivity contribution in [1.82, 2.24) is 4.98 Å². The second kappa shape index (κ2) is 10.1. The highest BCUT2D eigenvalue weighted by Crippen LogP contribution is 2.42. The molecule has 0 unspecified atom stereocenters. The molecule has 6 rings (SSSR count). The van der Waals surface area contributed by atoms with Crippen LogP contribution in [0.1, 0.15) is 41.0 Å². The van der Waals surface area contributed by atoms with Crippen molar-refractivity contribution in [2.75, 3.05) is 0 Å². The van der Waals surface area contributed by atoms with Gasteiger partial charge in [0.05, 0.1) is 5.69 Å². The van der Waals surface area contributed by atoms with Crippen molar-refractivity contribution >= 4 is 32.3 Å². The minimum absolute atomic E-state index is 0.641. The summed E-state index contributed by atoms with van der Waals surface area (Å²) in [5.41, 5.74) is 12.8. The number of nitrogens with zero attached hydrogens (tertiary/aromatic N) is 1. The fourth-order valence-electron chi connectivity index (χ4n) is 6.08. The molecule has 0 amide bonds. The monoisotopic (exact) mass is 525 g/mol. The van der Waals surface area contributed by atoms with Crippen LogP contribution in [0.2, 0.25) is 0 Å². The third-order valence-electron chi connectivity index (χ3n) is 7.89. The molecule has 6 aromatic rings. The Labute approximate surface area is 236 Å². The quantitative estimate of drug-likeness (QED) is 0.218. The Bertz CT molecular complexity index is 1820. The van der Waals surface area contributed by atoms with E-state index in [-0.39, 0.29) is 0 Å². The molecule has 2 heterocycles. The van der Waals surface area contributed by atoms with Gasteiger partial charge in [0, 0.05) is 15.8 Å². The van der Waals surface area contributed by atoms with Gasteiger partial charge in [-0.3, -0.25) is 0 Å². The molecule has 0 saturated carbocycles. The van der Waals surface area contributed by atoms with Crippen molar-refractivity contribution in [2.45, 2.75) is 48.0 Å². The van der Waals surface area contributed by atoms with Gasteiger partial charge in [-0.25, -0.2) is 4.98 Å². The number of pyridine rings is 1. The van der Waals surface area contributed by atoms with E-state index in [9.17, 15) is 0 Å². The first-order valence-corrected chi connectivity index (χ1v) is 14.7. The summed E-state index contributed by atoms with van der Waals surface area (Å²) < 4.78 is 0. The van der Waals surface area contributed by atoms with Crippen LogP contribution in [0, 0.1) is 33.6 Å². The minimum Gasteiger partial charge on any atom is -0.237 e. The number of aromatic nitrogens is 1. The zero-order valence-corrected chi connectivity index (χ0v) is 24.5. The highest BCUT2D eigenvalue weighted by molar-refractivity contribution is 7.18. The molecule has 39 heavy (non-hydrogen) atoms. The van der Waals surface area contributed by atoms with Gasteiger partial charge < -0.3 is 0 Å². The molecule has 0 spiro atoms. The van der Waals surface area contributed by atoms with Crippen molar-refractivity contribution < 1.29 is 0 Å². The van der Waals surface area contributed by atoms with E-state index in [0.717, 1.165) is 22.5 Å². The summed E-state index contributed by atoms with van der Waals surface area (Å²) in [4.78, 5) is 7.75. The van der Waals surface area contributed by atoms with Crippen molar-refractivity contribution in [3.63, 3.8) is 0 Å². The third kappa shape index (κ3) is 4.68. The summed E-state index contributed by atoms with van der Waals surface area (Å²) >= 11 is 1.81. The van der Waals surface area contributed by atoms with Crippen LogP contribution in [-0.2, 0) is 6.42 Å². The highest BCUT2D eigenvalue weighted by atomic mass is 32.1. The highest BCUT2D eigenvalue weighted by Gasteiger charge is 2.19. The fourth-order valence-corrected chi connectivity index (χ4v) is 7.14. The summed E-state index contributed by atoms with van der Waals surface area (Å²) in [6.07, 6.45) is 1.11. The molecule has 0 N–H and O–H groups in total. The normalized spacial score (nSPS) is 11.7. The van der Waals surface area contributed by atoms with E-state index >= 15 is 0 Å². The first kappa shape index (κ1) is 25.5. The van der Waals surface area contributed by atoms with Gasteiger partial charge in [-0.15, -0.1) is 11.3 Å². The van der Waals surface area contributed by atoms with Gasteiger partial charge in [-0.2, -0.15) is 0 Å². The summed E-state index contributed by atoms with van der Waals surface area (Å²) in [7, 11) is 0. The Hall–Kier alpha value is -3.75. The Morgan fingerprint density at radius 3 is 2.13 bits per heavy atom. The van der Waals surface area contributed by atoms with Crippen molar-refractivity contribution in [2.24, 2.45) is 5.92 Å². The summed E-state index contributed by atoms with van der Waals surface area (Å²) in [5.74, 6) is 0.641. The Morgan fingerprint density at radius 2 is 1.41 bits per heavy atom. The maximum absolute atomic E-state index is 5.29. The Kier molecular flexibility index (Phi) is 6.61. The molecule has 0 saturated heterocycles. The molecular weight excluding hydrogens is 490 g/mol. The predicted octanol–water partition coefficient (Wildman–Crippen LogP) is 10.9. The largest absolute Gasteiger partial charge is 0.237 e. The van der Waals surface area contributed by atoms with E-state index in [1.165, 1.54) is 65.5 Å². The average Bonchev–Trinajstić information content (AvgIpc) is 3.20. The van der Waals surface area contributed by atoms with Crippen LogP contribution in [0.4, 0.5) is 0 Å². The van der Waals surface area contributed by atoms with Crippen molar-refractivity contribution in [3.8, 4) is 33.5 Å². The number of benzene rings is 4. The second-order valence-electron chi connectivity index (χ2n) is 11.3. The first-order valence-electron chi connectivity index (χ1n) is 13.9. The van der Waals surface area contributed by atoms with Crippen LogP contribution in [0.25, 0.3) is 54.5 Å². The first-order chi connectivity index (χ1) is 18.8. The number of hydrogen-bond acceptors (Lipinski definition) is 2. The zero-order valence-electron chi connectivity index (χ0n) is 23.7. The van der Waals surface area contributed by atoms with Crippen molar-refractivity contribution in [3.05, 3.63) is 112 Å². The number of fused-ring (bicyclic) bond motifs is 2. The molecule has 0 fully saturated rings. The molecule has 4 aromatic carbocycles. The predicted molar refractivity (Wildman–Crippen MR) is 171 cm³/mol. The SMILES string of the molecule is Cc1cc(CC(C)C)cc(C)c1-c1cc(-c2cc(-c3ccccc3)c3ccccc3c2)nc2sc(C)c(C)c12. The van der Waals surface area contributed by atoms with Crippen LogP contribution >= 0.6 is 11.3 Å². The Balaban J connectivity index is 1.62. The summed E-state index contributed by atoms with van der Waals surface area (Å²) in [5, 5.41) is 3.80. The van der Waals surface area contributed by atoms with Gasteiger partial charge in [0.25, 0.3) is 0 Å². The average molecular weight is 526 g/mol. The molecule has 1 nitrogen and oxygen atoms in total. The van der Waals surface area contributed by atoms with Crippen LogP contribution in [0.3, 0.4) is 0 Å². The van der Waals surface area contributed by atoms with Crippen LogP contribution in [0.5, 0.6) is 0 Å². The molecule has 0 atom stereocenters. The molecular formula is C37H35NS. The van der Waals surface area contributed by atoms with Gasteiger partial charge in [-0.05, 0) is 114 Å². The molecule has 0 aliphatic carbocycles. The number of hydrogen-bond donors (Lipinski definition) is 0. The lowest BCUT2D eigenvalue weighted by molar-refractivity contribution is 0.647. The van der Waals surface area contributed by atoms with E-state index in [1.807, 2.05) is 11.3 Å². The van der Waals surface area contributed by atoms with Gasteiger partial charge in [0.1, 0.15) is 4.83 Å². The maximum atomic E-state index is 5.29. The number of aryl methyl sites for hydroxylation is 4. The van der Waals surface area contributed by atoms with Crippen LogP contribution in [0.15, 0.2) is 84.9 Å². The topological polar surface area (TPSA) is 12.9 Å². The molecule has 0 radical (unpaired) electrons. The van der Waals surface area contributed by atoms with Crippen LogP contribution < -0.4 is 0 Å². The van der Waals surface area contributed by atoms with Gasteiger partial charge in [-0.1, -0.05) is 80.6 Å². The minimum atomic E-state index is 0.641. The van der Waals surface area contributed by atoms with E-state index in [4.69, 9.17) is 4.98 Å². The van der Waals surface area contributed by atoms with E-state index < -0.39 is 0 Å². The molecule has 194 valence electrons. The van der Waals surface area contributed by atoms with Gasteiger partial charge in [0.15, 0.2) is 0 Å². The fraction of sp³-hybridized carbons (Fsp3) is 0.216. The summed E-state index contributed by atoms with van der Waals surface area (Å²) in [6, 6.07) is 31.2. The lowest BCUT2D eigenvalue weighted by Crippen LogP contribution is -1.99. The lowest BCUT2D eigenvalue weighted by atomic mass is 9.88. The molecule has 0 bridgehead atoms.